The van der Waals surface area contributed by atoms with E-state index in [0.717, 1.165) is 0 Å². The van der Waals surface area contributed by atoms with Gasteiger partial charge in [-0.25, -0.2) is 0 Å². The van der Waals surface area contributed by atoms with Crippen molar-refractivity contribution in [2.45, 2.75) is 11.7 Å². The molecule has 0 saturated heterocycles. The minimum atomic E-state index is -4.36. The first-order valence-corrected chi connectivity index (χ1v) is 8.57. The van der Waals surface area contributed by atoms with Crippen molar-refractivity contribution in [1.29, 1.82) is 0 Å². The molecule has 0 radical (unpaired) electrons. The summed E-state index contributed by atoms with van der Waals surface area (Å²) in [7, 11) is -4.36. The normalized spacial score (nSPS) is 17.0. The predicted molar refractivity (Wildman–Crippen MR) is 82.6 cm³/mol. The van der Waals surface area contributed by atoms with Gasteiger partial charge in [0.05, 0.1) is 0 Å². The first-order valence-electron chi connectivity index (χ1n) is 6.01. The van der Waals surface area contributed by atoms with Crippen LogP contribution < -0.4 is 0 Å². The molecule has 0 heterocycles. The Kier molecular flexibility index (Phi) is 5.10. The third kappa shape index (κ3) is 3.67. The van der Waals surface area contributed by atoms with Gasteiger partial charge in [0, 0.05) is 10.0 Å². The number of aliphatic hydroxyl groups is 2. The van der Waals surface area contributed by atoms with Crippen molar-refractivity contribution < 1.29 is 19.7 Å². The van der Waals surface area contributed by atoms with Crippen molar-refractivity contribution >= 4 is 30.6 Å². The summed E-state index contributed by atoms with van der Waals surface area (Å²) in [6.07, 6.45) is 0. The van der Waals surface area contributed by atoms with E-state index in [1.807, 2.05) is 0 Å². The monoisotopic (exact) mass is 346 g/mol. The highest BCUT2D eigenvalue weighted by atomic mass is 35.5. The smallest absolute Gasteiger partial charge is 0.264 e. The maximum Gasteiger partial charge on any atom is 0.264 e. The van der Waals surface area contributed by atoms with Crippen LogP contribution in [0, 0.1) is 0 Å². The average Bonchev–Trinajstić information content (AvgIpc) is 2.45. The Morgan fingerprint density at radius 3 is 1.57 bits per heavy atom. The molecule has 0 aliphatic heterocycles. The molecular weight excluding hydrogens is 334 g/mol. The summed E-state index contributed by atoms with van der Waals surface area (Å²) in [5.41, 5.74) is 0.323. The number of hydrogen-bond acceptors (Lipinski definition) is 3. The van der Waals surface area contributed by atoms with Crippen LogP contribution in [0.5, 0.6) is 0 Å². The number of benzene rings is 2. The van der Waals surface area contributed by atoms with E-state index in [0.29, 0.717) is 10.0 Å². The first-order chi connectivity index (χ1) is 9.82. The lowest BCUT2D eigenvalue weighted by atomic mass is 10.2. The minimum Gasteiger partial charge on any atom is -0.378 e. The third-order valence-corrected chi connectivity index (χ3v) is 5.46. The molecule has 0 fully saturated rings. The fraction of sp³-hybridized carbons (Fsp3) is 0.143. The topological polar surface area (TPSA) is 77.8 Å². The van der Waals surface area contributed by atoms with Gasteiger partial charge in [-0.15, -0.1) is 0 Å². The Balaban J connectivity index is 2.34. The van der Waals surface area contributed by atoms with E-state index in [1.54, 1.807) is 24.3 Å². The fourth-order valence-corrected chi connectivity index (χ4v) is 3.74. The molecular formula is C14H13Cl2O4P. The second-order valence-corrected chi connectivity index (χ2v) is 7.73. The van der Waals surface area contributed by atoms with Crippen molar-refractivity contribution in [3.8, 4) is 0 Å². The van der Waals surface area contributed by atoms with Crippen LogP contribution >= 0.6 is 30.6 Å². The highest BCUT2D eigenvalue weighted by Crippen LogP contribution is 2.63. The lowest BCUT2D eigenvalue weighted by Crippen LogP contribution is -2.07. The van der Waals surface area contributed by atoms with Crippen molar-refractivity contribution in [3.05, 3.63) is 69.7 Å². The van der Waals surface area contributed by atoms with Gasteiger partial charge in [0.25, 0.3) is 7.37 Å². The zero-order valence-electron chi connectivity index (χ0n) is 10.7. The quantitative estimate of drug-likeness (QED) is 0.732. The van der Waals surface area contributed by atoms with E-state index in [4.69, 9.17) is 23.2 Å². The summed E-state index contributed by atoms with van der Waals surface area (Å²) in [6.45, 7) is 0. The van der Waals surface area contributed by atoms with Crippen LogP contribution in [0.1, 0.15) is 22.8 Å². The molecule has 0 amide bonds. The number of rotatable bonds is 4. The van der Waals surface area contributed by atoms with Gasteiger partial charge in [-0.1, -0.05) is 47.5 Å². The largest absolute Gasteiger partial charge is 0.378 e. The second-order valence-electron chi connectivity index (χ2n) is 4.53. The summed E-state index contributed by atoms with van der Waals surface area (Å²) in [5.74, 6) is -3.49. The molecule has 0 aliphatic rings. The Morgan fingerprint density at radius 1 is 0.857 bits per heavy atom. The molecule has 0 saturated carbocycles. The van der Waals surface area contributed by atoms with Crippen molar-refractivity contribution in [2.75, 3.05) is 0 Å². The van der Waals surface area contributed by atoms with Gasteiger partial charge < -0.3 is 15.1 Å². The van der Waals surface area contributed by atoms with Crippen LogP contribution in [0.25, 0.3) is 0 Å². The number of aliphatic hydroxyl groups excluding tert-OH is 2. The maximum absolute atomic E-state index is 12.4. The van der Waals surface area contributed by atoms with Crippen LogP contribution in [0.3, 0.4) is 0 Å². The van der Waals surface area contributed by atoms with Gasteiger partial charge in [-0.3, -0.25) is 4.57 Å². The van der Waals surface area contributed by atoms with E-state index in [1.165, 1.54) is 24.3 Å². The minimum absolute atomic E-state index is 0.161. The fourth-order valence-electron chi connectivity index (χ4n) is 1.90. The predicted octanol–water partition coefficient (Wildman–Crippen LogP) is 3.95. The Morgan fingerprint density at radius 2 is 1.24 bits per heavy atom. The zero-order valence-corrected chi connectivity index (χ0v) is 13.1. The second kappa shape index (κ2) is 6.49. The van der Waals surface area contributed by atoms with Gasteiger partial charge in [0.2, 0.25) is 0 Å². The highest BCUT2D eigenvalue weighted by molar-refractivity contribution is 7.58. The van der Waals surface area contributed by atoms with E-state index in [2.05, 4.69) is 0 Å². The van der Waals surface area contributed by atoms with Crippen molar-refractivity contribution in [3.63, 3.8) is 0 Å². The summed E-state index contributed by atoms with van der Waals surface area (Å²) >= 11 is 11.6. The van der Waals surface area contributed by atoms with Crippen molar-refractivity contribution in [1.82, 2.24) is 0 Å². The average molecular weight is 347 g/mol. The lowest BCUT2D eigenvalue weighted by molar-refractivity contribution is 0.186. The molecule has 2 rings (SSSR count). The summed E-state index contributed by atoms with van der Waals surface area (Å²) < 4.78 is 12.4. The molecule has 112 valence electrons. The highest BCUT2D eigenvalue weighted by Gasteiger charge is 2.39. The van der Waals surface area contributed by atoms with Crippen LogP contribution in [-0.4, -0.2) is 15.1 Å². The summed E-state index contributed by atoms with van der Waals surface area (Å²) in [6, 6.07) is 11.9. The molecule has 1 unspecified atom stereocenters. The standard InChI is InChI=1S/C14H13Cl2O4P/c15-11-5-1-3-9(7-11)13(17)21(19,20)14(18)10-4-2-6-12(16)8-10/h1-8,13-14,17-18H,(H,19,20)/t13-,14+. The molecule has 0 aromatic heterocycles. The van der Waals surface area contributed by atoms with Crippen LogP contribution in [0.2, 0.25) is 10.0 Å². The SMILES string of the molecule is O=P(O)([C@H](O)c1cccc(Cl)c1)[C@@H](O)c1cccc(Cl)c1. The van der Waals surface area contributed by atoms with Crippen LogP contribution in [-0.2, 0) is 4.57 Å². The van der Waals surface area contributed by atoms with Gasteiger partial charge in [-0.2, -0.15) is 0 Å². The molecule has 2 aromatic carbocycles. The molecule has 4 nitrogen and oxygen atoms in total. The van der Waals surface area contributed by atoms with Gasteiger partial charge in [0.15, 0.2) is 11.7 Å². The molecule has 2 aromatic rings. The van der Waals surface area contributed by atoms with Crippen LogP contribution in [0.4, 0.5) is 0 Å². The van der Waals surface area contributed by atoms with Crippen molar-refractivity contribution in [2.24, 2.45) is 0 Å². The first kappa shape index (κ1) is 16.5. The maximum atomic E-state index is 12.4. The molecule has 0 aliphatic carbocycles. The Labute approximate surface area is 132 Å². The van der Waals surface area contributed by atoms with Gasteiger partial charge in [-0.05, 0) is 35.4 Å². The Bertz CT molecular complexity index is 637. The summed E-state index contributed by atoms with van der Waals surface area (Å²) in [5, 5.41) is 20.9. The molecule has 0 bridgehead atoms. The number of hydrogen-bond donors (Lipinski definition) is 3. The molecule has 7 heteroatoms. The van der Waals surface area contributed by atoms with Gasteiger partial charge in [0.1, 0.15) is 0 Å². The van der Waals surface area contributed by atoms with E-state index in [-0.39, 0.29) is 11.1 Å². The van der Waals surface area contributed by atoms with Gasteiger partial charge >= 0.3 is 0 Å². The molecule has 3 atom stereocenters. The van der Waals surface area contributed by atoms with E-state index >= 15 is 0 Å². The third-order valence-electron chi connectivity index (χ3n) is 2.99. The summed E-state index contributed by atoms with van der Waals surface area (Å²) in [4.78, 5) is 10.1. The van der Waals surface area contributed by atoms with Crippen LogP contribution in [0.15, 0.2) is 48.5 Å². The molecule has 0 spiro atoms. The molecule has 21 heavy (non-hydrogen) atoms. The number of halogens is 2. The lowest BCUT2D eigenvalue weighted by Gasteiger charge is -2.24. The van der Waals surface area contributed by atoms with E-state index < -0.39 is 19.1 Å². The zero-order chi connectivity index (χ0) is 15.6. The van der Waals surface area contributed by atoms with E-state index in [9.17, 15) is 19.7 Å². The Hall–Kier alpha value is -0.870. The molecule has 3 N–H and O–H groups in total.